The molecule has 62 valence electrons. The van der Waals surface area contributed by atoms with Gasteiger partial charge >= 0.3 is 0 Å². The summed E-state index contributed by atoms with van der Waals surface area (Å²) in [6, 6.07) is 4.18. The van der Waals surface area contributed by atoms with Gasteiger partial charge in [-0.05, 0) is 18.2 Å². The number of benzene rings is 1. The highest BCUT2D eigenvalue weighted by Crippen LogP contribution is 2.34. The van der Waals surface area contributed by atoms with Gasteiger partial charge in [-0.15, -0.1) is 0 Å². The summed E-state index contributed by atoms with van der Waals surface area (Å²) in [5.74, 6) is -0.539. The summed E-state index contributed by atoms with van der Waals surface area (Å²) in [7, 11) is 0. The van der Waals surface area contributed by atoms with Crippen LogP contribution in [0.15, 0.2) is 18.2 Å². The average Bonchev–Trinajstić information content (AvgIpc) is 2.31. The molecular weight excluding hydrogens is 177 g/mol. The highest BCUT2D eigenvalue weighted by atomic mass is 32.1. The Hall–Kier alpha value is -1.03. The van der Waals surface area contributed by atoms with Crippen LogP contribution in [0.1, 0.15) is 10.8 Å². The van der Waals surface area contributed by atoms with E-state index in [9.17, 15) is 9.18 Å². The topological polar surface area (TPSA) is 29.1 Å². The highest BCUT2D eigenvalue weighted by Gasteiger charge is 2.27. The van der Waals surface area contributed by atoms with E-state index in [-0.39, 0.29) is 11.7 Å². The number of nitrogens with one attached hydrogen (secondary N) is 1. The third-order valence-corrected chi connectivity index (χ3v) is 2.33. The molecule has 1 unspecified atom stereocenters. The maximum Gasteiger partial charge on any atom is 0.241 e. The first-order valence-electron chi connectivity index (χ1n) is 3.47. The van der Waals surface area contributed by atoms with Gasteiger partial charge in [0, 0.05) is 11.3 Å². The molecule has 1 aromatic carbocycles. The van der Waals surface area contributed by atoms with Crippen LogP contribution in [0.4, 0.5) is 10.1 Å². The van der Waals surface area contributed by atoms with Crippen molar-refractivity contribution in [1.29, 1.82) is 0 Å². The van der Waals surface area contributed by atoms with E-state index >= 15 is 0 Å². The SMILES string of the molecule is O=C1Nc2ccc(F)cc2C1S. The van der Waals surface area contributed by atoms with E-state index in [0.717, 1.165) is 0 Å². The zero-order valence-electron chi connectivity index (χ0n) is 6.04. The van der Waals surface area contributed by atoms with E-state index in [4.69, 9.17) is 0 Å². The molecule has 1 heterocycles. The third kappa shape index (κ3) is 0.992. The number of carbonyl (C=O) groups excluding carboxylic acids is 1. The Morgan fingerprint density at radius 2 is 2.25 bits per heavy atom. The fraction of sp³-hybridized carbons (Fsp3) is 0.125. The maximum absolute atomic E-state index is 12.7. The van der Waals surface area contributed by atoms with Gasteiger partial charge in [0.25, 0.3) is 0 Å². The van der Waals surface area contributed by atoms with Crippen LogP contribution in [0.25, 0.3) is 0 Å². The first-order chi connectivity index (χ1) is 5.68. The molecule has 0 radical (unpaired) electrons. The van der Waals surface area contributed by atoms with Crippen molar-refractivity contribution in [1.82, 2.24) is 0 Å². The molecule has 0 spiro atoms. The maximum atomic E-state index is 12.7. The van der Waals surface area contributed by atoms with E-state index < -0.39 is 5.25 Å². The molecule has 1 aromatic rings. The fourth-order valence-corrected chi connectivity index (χ4v) is 1.49. The zero-order chi connectivity index (χ0) is 8.72. The lowest BCUT2D eigenvalue weighted by molar-refractivity contribution is -0.115. The molecule has 0 bridgehead atoms. The molecule has 1 atom stereocenters. The molecule has 0 aromatic heterocycles. The van der Waals surface area contributed by atoms with E-state index in [0.29, 0.717) is 11.3 Å². The molecule has 12 heavy (non-hydrogen) atoms. The highest BCUT2D eigenvalue weighted by molar-refractivity contribution is 7.81. The Balaban J connectivity index is 2.55. The van der Waals surface area contributed by atoms with Crippen LogP contribution in [0, 0.1) is 5.82 Å². The molecule has 4 heteroatoms. The minimum absolute atomic E-state index is 0.195. The molecule has 1 N–H and O–H groups in total. The van der Waals surface area contributed by atoms with Crippen molar-refractivity contribution in [2.24, 2.45) is 0 Å². The summed E-state index contributed by atoms with van der Waals surface area (Å²) in [5, 5.41) is 2.06. The van der Waals surface area contributed by atoms with E-state index in [1.165, 1.54) is 12.1 Å². The van der Waals surface area contributed by atoms with Gasteiger partial charge in [-0.2, -0.15) is 12.6 Å². The quantitative estimate of drug-likeness (QED) is 0.589. The van der Waals surface area contributed by atoms with Gasteiger partial charge in [0.2, 0.25) is 5.91 Å². The van der Waals surface area contributed by atoms with Gasteiger partial charge in [0.15, 0.2) is 0 Å². The largest absolute Gasteiger partial charge is 0.325 e. The molecule has 1 aliphatic rings. The summed E-state index contributed by atoms with van der Waals surface area (Å²) < 4.78 is 12.7. The number of halogens is 1. The van der Waals surface area contributed by atoms with Gasteiger partial charge in [0.1, 0.15) is 11.1 Å². The molecule has 2 rings (SSSR count). The van der Waals surface area contributed by atoms with Crippen LogP contribution in [-0.2, 0) is 4.79 Å². The lowest BCUT2D eigenvalue weighted by Gasteiger charge is -1.98. The molecular formula is C8H6FNOS. The van der Waals surface area contributed by atoms with Crippen LogP contribution < -0.4 is 5.32 Å². The van der Waals surface area contributed by atoms with Crippen molar-refractivity contribution in [2.75, 3.05) is 5.32 Å². The van der Waals surface area contributed by atoms with Gasteiger partial charge in [-0.1, -0.05) is 0 Å². The molecule has 1 aliphatic heterocycles. The zero-order valence-corrected chi connectivity index (χ0v) is 6.94. The lowest BCUT2D eigenvalue weighted by atomic mass is 10.1. The van der Waals surface area contributed by atoms with Crippen molar-refractivity contribution in [2.45, 2.75) is 5.25 Å². The number of hydrogen-bond donors (Lipinski definition) is 2. The number of anilines is 1. The number of thiol groups is 1. The minimum Gasteiger partial charge on any atom is -0.325 e. The van der Waals surface area contributed by atoms with Crippen LogP contribution >= 0.6 is 12.6 Å². The van der Waals surface area contributed by atoms with E-state index in [2.05, 4.69) is 17.9 Å². The first kappa shape index (κ1) is 7.61. The van der Waals surface area contributed by atoms with Gasteiger partial charge in [-0.25, -0.2) is 4.39 Å². The van der Waals surface area contributed by atoms with Crippen LogP contribution in [0.2, 0.25) is 0 Å². The third-order valence-electron chi connectivity index (χ3n) is 1.81. The smallest absolute Gasteiger partial charge is 0.241 e. The van der Waals surface area contributed by atoms with Crippen molar-refractivity contribution >= 4 is 24.2 Å². The molecule has 2 nitrogen and oxygen atoms in total. The predicted molar refractivity (Wildman–Crippen MR) is 46.8 cm³/mol. The Labute approximate surface area is 74.2 Å². The van der Waals surface area contributed by atoms with E-state index in [1.807, 2.05) is 0 Å². The fourth-order valence-electron chi connectivity index (χ4n) is 1.22. The number of rotatable bonds is 0. The van der Waals surface area contributed by atoms with Crippen LogP contribution in [0.5, 0.6) is 0 Å². The van der Waals surface area contributed by atoms with Crippen LogP contribution in [-0.4, -0.2) is 5.91 Å². The number of fused-ring (bicyclic) bond motifs is 1. The standard InChI is InChI=1S/C8H6FNOS/c9-4-1-2-6-5(3-4)7(12)8(11)10-6/h1-3,7,12H,(H,10,11). The normalized spacial score (nSPS) is 20.5. The number of hydrogen-bond acceptors (Lipinski definition) is 2. The summed E-state index contributed by atoms with van der Waals surface area (Å²) in [4.78, 5) is 11.0. The average molecular weight is 183 g/mol. The second-order valence-electron chi connectivity index (χ2n) is 2.62. The van der Waals surface area contributed by atoms with Crippen LogP contribution in [0.3, 0.4) is 0 Å². The molecule has 1 amide bonds. The Kier molecular flexibility index (Phi) is 1.58. The Morgan fingerprint density at radius 3 is 3.00 bits per heavy atom. The number of amides is 1. The second-order valence-corrected chi connectivity index (χ2v) is 3.14. The Morgan fingerprint density at radius 1 is 1.50 bits per heavy atom. The van der Waals surface area contributed by atoms with Crippen molar-refractivity contribution in [3.8, 4) is 0 Å². The number of carbonyl (C=O) groups is 1. The Bertz CT molecular complexity index is 353. The van der Waals surface area contributed by atoms with Crippen molar-refractivity contribution in [3.63, 3.8) is 0 Å². The monoisotopic (exact) mass is 183 g/mol. The van der Waals surface area contributed by atoms with Crippen molar-refractivity contribution < 1.29 is 9.18 Å². The first-order valence-corrected chi connectivity index (χ1v) is 3.98. The van der Waals surface area contributed by atoms with Gasteiger partial charge < -0.3 is 5.32 Å². The summed E-state index contributed by atoms with van der Waals surface area (Å²) in [6.45, 7) is 0. The van der Waals surface area contributed by atoms with Gasteiger partial charge in [0.05, 0.1) is 0 Å². The van der Waals surface area contributed by atoms with Crippen molar-refractivity contribution in [3.05, 3.63) is 29.6 Å². The molecule has 0 saturated heterocycles. The van der Waals surface area contributed by atoms with E-state index in [1.54, 1.807) is 6.07 Å². The molecule has 0 fully saturated rings. The summed E-state index contributed by atoms with van der Waals surface area (Å²) >= 11 is 4.04. The van der Waals surface area contributed by atoms with Gasteiger partial charge in [-0.3, -0.25) is 4.79 Å². The molecule has 0 aliphatic carbocycles. The summed E-state index contributed by atoms with van der Waals surface area (Å²) in [5.41, 5.74) is 1.27. The minimum atomic E-state index is -0.532. The predicted octanol–water partition coefficient (Wildman–Crippen LogP) is 1.75. The second kappa shape index (κ2) is 2.48. The lowest BCUT2D eigenvalue weighted by Crippen LogP contribution is -2.06. The summed E-state index contributed by atoms with van der Waals surface area (Å²) in [6.07, 6.45) is 0. The molecule has 0 saturated carbocycles.